The van der Waals surface area contributed by atoms with Crippen LogP contribution in [0.3, 0.4) is 0 Å². The lowest BCUT2D eigenvalue weighted by Gasteiger charge is -2.42. The molecular weight excluding hydrogens is 462 g/mol. The molecule has 0 bridgehead atoms. The maximum absolute atomic E-state index is 13.2. The first-order valence-corrected chi connectivity index (χ1v) is 11.9. The summed E-state index contributed by atoms with van der Waals surface area (Å²) in [5.74, 6) is -0.108. The van der Waals surface area contributed by atoms with Crippen molar-refractivity contribution >= 4 is 49.5 Å². The molecule has 0 unspecified atom stereocenters. The number of aliphatic hydroxyl groups is 2. The number of aromatic nitrogens is 2. The molecule has 0 saturated carbocycles. The van der Waals surface area contributed by atoms with Gasteiger partial charge in [-0.3, -0.25) is 4.79 Å². The van der Waals surface area contributed by atoms with Crippen molar-refractivity contribution in [3.8, 4) is 5.75 Å². The largest absolute Gasteiger partial charge is 0.508 e. The fourth-order valence-corrected chi connectivity index (χ4v) is 6.14. The summed E-state index contributed by atoms with van der Waals surface area (Å²) in [7, 11) is 1.47. The van der Waals surface area contributed by atoms with Crippen molar-refractivity contribution < 1.29 is 29.6 Å². The van der Waals surface area contributed by atoms with Crippen LogP contribution in [0.5, 0.6) is 5.75 Å². The molecule has 4 heterocycles. The lowest BCUT2D eigenvalue weighted by atomic mass is 9.96. The number of carbonyl (C=O) groups is 1. The molecule has 2 aliphatic heterocycles. The van der Waals surface area contributed by atoms with Crippen molar-refractivity contribution in [1.82, 2.24) is 14.9 Å². The number of aromatic hydroxyl groups is 1. The molecule has 0 aliphatic carbocycles. The topological polar surface area (TPSA) is 129 Å². The molecule has 5 atom stereocenters. The Morgan fingerprint density at radius 3 is 2.69 bits per heavy atom. The van der Waals surface area contributed by atoms with E-state index in [0.717, 1.165) is 27.4 Å². The van der Waals surface area contributed by atoms with E-state index in [4.69, 9.17) is 9.47 Å². The second-order valence-corrected chi connectivity index (χ2v) is 9.67. The second kappa shape index (κ2) is 7.44. The predicted octanol–water partition coefficient (Wildman–Crippen LogP) is 3.03. The van der Waals surface area contributed by atoms with E-state index in [2.05, 4.69) is 10.3 Å². The van der Waals surface area contributed by atoms with Gasteiger partial charge < -0.3 is 39.7 Å². The maximum atomic E-state index is 13.2. The number of nitrogens with one attached hydrogen (secondary N) is 2. The number of carbonyl (C=O) groups excluding carboxylic acids is 1. The van der Waals surface area contributed by atoms with Gasteiger partial charge in [0, 0.05) is 40.7 Å². The highest BCUT2D eigenvalue weighted by atomic mass is 16.6. The molecular formula is C27H25N3O6. The van der Waals surface area contributed by atoms with E-state index >= 15 is 0 Å². The highest BCUT2D eigenvalue weighted by Crippen LogP contribution is 2.46. The molecule has 1 amide bonds. The van der Waals surface area contributed by atoms with E-state index in [1.165, 1.54) is 7.11 Å². The van der Waals surface area contributed by atoms with Gasteiger partial charge >= 0.3 is 0 Å². The highest BCUT2D eigenvalue weighted by Gasteiger charge is 2.45. The fraction of sp³-hybridized carbons (Fsp3) is 0.296. The van der Waals surface area contributed by atoms with Crippen LogP contribution >= 0.6 is 0 Å². The Hall–Kier alpha value is -3.63. The Morgan fingerprint density at radius 2 is 1.89 bits per heavy atom. The number of fused-ring (bicyclic) bond motifs is 10. The quantitative estimate of drug-likeness (QED) is 0.260. The second-order valence-electron chi connectivity index (χ2n) is 9.67. The number of hydrogen-bond acceptors (Lipinski definition) is 6. The molecule has 9 heteroatoms. The summed E-state index contributed by atoms with van der Waals surface area (Å²) in [6, 6.07) is 12.9. The molecule has 9 nitrogen and oxygen atoms in total. The third-order valence-corrected chi connectivity index (χ3v) is 7.77. The Balaban J connectivity index is 1.71. The zero-order valence-corrected chi connectivity index (χ0v) is 19.6. The number of hydrogen-bond donors (Lipinski definition) is 5. The number of aromatic amines is 1. The number of H-pyrrole nitrogens is 1. The van der Waals surface area contributed by atoms with Crippen LogP contribution in [0.1, 0.15) is 29.1 Å². The number of amides is 1. The van der Waals surface area contributed by atoms with Gasteiger partial charge in [-0.15, -0.1) is 0 Å². The van der Waals surface area contributed by atoms with Crippen molar-refractivity contribution in [3.05, 3.63) is 53.6 Å². The predicted molar refractivity (Wildman–Crippen MR) is 134 cm³/mol. The highest BCUT2D eigenvalue weighted by molar-refractivity contribution is 6.30. The summed E-state index contributed by atoms with van der Waals surface area (Å²) >= 11 is 0. The van der Waals surface area contributed by atoms with Crippen molar-refractivity contribution in [3.63, 3.8) is 0 Å². The van der Waals surface area contributed by atoms with E-state index in [9.17, 15) is 20.1 Å². The summed E-state index contributed by atoms with van der Waals surface area (Å²) in [6.07, 6.45) is -4.68. The lowest BCUT2D eigenvalue weighted by molar-refractivity contribution is -0.245. The van der Waals surface area contributed by atoms with Crippen LogP contribution in [0, 0.1) is 0 Å². The zero-order chi connectivity index (χ0) is 24.9. The summed E-state index contributed by atoms with van der Waals surface area (Å²) < 4.78 is 13.9. The number of benzene rings is 3. The van der Waals surface area contributed by atoms with Gasteiger partial charge in [-0.25, -0.2) is 0 Å². The van der Waals surface area contributed by atoms with Crippen LogP contribution in [0.2, 0.25) is 0 Å². The van der Waals surface area contributed by atoms with Crippen LogP contribution in [0.25, 0.3) is 43.6 Å². The van der Waals surface area contributed by atoms with E-state index < -0.39 is 30.6 Å². The molecule has 36 heavy (non-hydrogen) atoms. The summed E-state index contributed by atoms with van der Waals surface area (Å²) in [5, 5.41) is 38.1. The van der Waals surface area contributed by atoms with Gasteiger partial charge in [0.2, 0.25) is 0 Å². The molecule has 1 fully saturated rings. The van der Waals surface area contributed by atoms with Gasteiger partial charge in [0.25, 0.3) is 5.91 Å². The molecule has 5 N–H and O–H groups in total. The minimum atomic E-state index is -1.19. The zero-order valence-electron chi connectivity index (χ0n) is 19.6. The molecule has 0 spiro atoms. The molecule has 0 radical (unpaired) electrons. The van der Waals surface area contributed by atoms with Gasteiger partial charge in [0.15, 0.2) is 6.23 Å². The number of para-hydroxylation sites is 1. The number of aliphatic hydroxyl groups excluding tert-OH is 2. The summed E-state index contributed by atoms with van der Waals surface area (Å²) in [4.78, 5) is 16.8. The van der Waals surface area contributed by atoms with Gasteiger partial charge in [0.1, 0.15) is 24.1 Å². The van der Waals surface area contributed by atoms with E-state index in [1.807, 2.05) is 28.8 Å². The SMILES string of the molecule is CO[C@@H]1[C@H](O)[C@H](O)[C@H](C)O[C@H]1n1c2ccc(O)cc2c2c3c(c4c5ccccc5[nH]c4c21)CNC3=O. The first-order valence-electron chi connectivity index (χ1n) is 11.9. The summed E-state index contributed by atoms with van der Waals surface area (Å²) in [6.45, 7) is 2.10. The lowest BCUT2D eigenvalue weighted by Crippen LogP contribution is -2.55. The number of phenols is 1. The van der Waals surface area contributed by atoms with E-state index in [0.29, 0.717) is 33.9 Å². The van der Waals surface area contributed by atoms with Gasteiger partial charge in [-0.1, -0.05) is 18.2 Å². The monoisotopic (exact) mass is 487 g/mol. The number of ether oxygens (including phenoxy) is 2. The van der Waals surface area contributed by atoms with Crippen LogP contribution in [-0.2, 0) is 16.0 Å². The summed E-state index contributed by atoms with van der Waals surface area (Å²) in [5.41, 5.74) is 4.63. The Kier molecular flexibility index (Phi) is 4.47. The van der Waals surface area contributed by atoms with Gasteiger partial charge in [-0.05, 0) is 36.8 Å². The first kappa shape index (κ1) is 21.6. The average molecular weight is 488 g/mol. The smallest absolute Gasteiger partial charge is 0.252 e. The van der Waals surface area contributed by atoms with E-state index in [-0.39, 0.29) is 11.7 Å². The first-order chi connectivity index (χ1) is 17.4. The van der Waals surface area contributed by atoms with Crippen LogP contribution in [0.15, 0.2) is 42.5 Å². The average Bonchev–Trinajstić information content (AvgIpc) is 3.53. The van der Waals surface area contributed by atoms with Gasteiger partial charge in [-0.2, -0.15) is 0 Å². The molecule has 3 aromatic carbocycles. The Bertz CT molecular complexity index is 1720. The minimum absolute atomic E-state index is 0.0714. The van der Waals surface area contributed by atoms with Gasteiger partial charge in [0.05, 0.1) is 28.2 Å². The van der Waals surface area contributed by atoms with Crippen LogP contribution in [0.4, 0.5) is 0 Å². The Morgan fingerprint density at radius 1 is 1.08 bits per heavy atom. The number of nitrogens with zero attached hydrogens (tertiary/aromatic N) is 1. The number of phenolic OH excluding ortho intramolecular Hbond substituents is 1. The molecule has 184 valence electrons. The minimum Gasteiger partial charge on any atom is -0.508 e. The molecule has 2 aliphatic rings. The molecule has 5 aromatic rings. The van der Waals surface area contributed by atoms with Crippen LogP contribution < -0.4 is 5.32 Å². The van der Waals surface area contributed by atoms with E-state index in [1.54, 1.807) is 25.1 Å². The standard InChI is InChI=1S/C27H25N3O6/c1-11-23(32)24(33)25(35-2)27(36-11)30-17-8-7-12(31)9-14(17)19-20-15(10-28-26(20)34)18-13-5-3-4-6-16(13)29-21(18)22(19)30/h3-9,11,23-25,27,29,31-33H,10H2,1-2H3,(H,28,34)/t11-,23+,24+,25+,27+/m0/s1. The van der Waals surface area contributed by atoms with Crippen molar-refractivity contribution in [1.29, 1.82) is 0 Å². The molecule has 2 aromatic heterocycles. The fourth-order valence-electron chi connectivity index (χ4n) is 6.14. The van der Waals surface area contributed by atoms with Crippen molar-refractivity contribution in [2.75, 3.05) is 7.11 Å². The molecule has 1 saturated heterocycles. The maximum Gasteiger partial charge on any atom is 0.252 e. The van der Waals surface area contributed by atoms with Crippen LogP contribution in [-0.4, -0.2) is 62.3 Å². The van der Waals surface area contributed by atoms with Crippen molar-refractivity contribution in [2.45, 2.75) is 44.1 Å². The third kappa shape index (κ3) is 2.65. The normalized spacial score (nSPS) is 26.3. The molecule has 7 rings (SSSR count). The number of methoxy groups -OCH3 is 1. The Labute approximate surface area is 204 Å². The third-order valence-electron chi connectivity index (χ3n) is 7.77. The van der Waals surface area contributed by atoms with Crippen molar-refractivity contribution in [2.24, 2.45) is 0 Å². The number of rotatable bonds is 2.